The Morgan fingerprint density at radius 1 is 1.29 bits per heavy atom. The molecule has 0 saturated heterocycles. The molecular weight excluding hydrogens is 286 g/mol. The highest BCUT2D eigenvalue weighted by molar-refractivity contribution is 7.05. The van der Waals surface area contributed by atoms with Crippen LogP contribution in [0.2, 0.25) is 0 Å². The Hall–Kier alpha value is -1.66. The van der Waals surface area contributed by atoms with Crippen molar-refractivity contribution in [3.8, 4) is 11.5 Å². The normalized spacial score (nSPS) is 12.2. The Morgan fingerprint density at radius 2 is 2.10 bits per heavy atom. The highest BCUT2D eigenvalue weighted by Crippen LogP contribution is 2.35. The molecule has 0 saturated carbocycles. The van der Waals surface area contributed by atoms with E-state index in [9.17, 15) is 0 Å². The molecule has 2 aromatic rings. The van der Waals surface area contributed by atoms with Crippen LogP contribution in [0, 0.1) is 0 Å². The minimum Gasteiger partial charge on any atom is -0.497 e. The van der Waals surface area contributed by atoms with Gasteiger partial charge in [-0.2, -0.15) is 0 Å². The molecule has 0 spiro atoms. The second kappa shape index (κ2) is 7.38. The lowest BCUT2D eigenvalue weighted by molar-refractivity contribution is 0.388. The maximum atomic E-state index is 5.51. The van der Waals surface area contributed by atoms with Gasteiger partial charge in [0.2, 0.25) is 0 Å². The van der Waals surface area contributed by atoms with Gasteiger partial charge in [-0.05, 0) is 37.1 Å². The fourth-order valence-electron chi connectivity index (χ4n) is 2.33. The van der Waals surface area contributed by atoms with Crippen LogP contribution in [-0.4, -0.2) is 30.9 Å². The Morgan fingerprint density at radius 3 is 2.71 bits per heavy atom. The van der Waals surface area contributed by atoms with E-state index in [1.54, 1.807) is 14.2 Å². The van der Waals surface area contributed by atoms with Crippen LogP contribution in [0.3, 0.4) is 0 Å². The highest BCUT2D eigenvalue weighted by Gasteiger charge is 2.22. The van der Waals surface area contributed by atoms with Gasteiger partial charge in [-0.1, -0.05) is 17.8 Å². The molecule has 6 heteroatoms. The molecule has 0 amide bonds. The lowest BCUT2D eigenvalue weighted by Crippen LogP contribution is -2.18. The van der Waals surface area contributed by atoms with E-state index >= 15 is 0 Å². The lowest BCUT2D eigenvalue weighted by Gasteiger charge is -2.19. The second-order valence-corrected chi connectivity index (χ2v) is 5.45. The van der Waals surface area contributed by atoms with E-state index in [1.807, 2.05) is 25.2 Å². The van der Waals surface area contributed by atoms with E-state index in [0.29, 0.717) is 0 Å². The van der Waals surface area contributed by atoms with Crippen LogP contribution in [0.25, 0.3) is 0 Å². The van der Waals surface area contributed by atoms with Crippen molar-refractivity contribution in [3.63, 3.8) is 0 Å². The molecule has 0 bridgehead atoms. The molecule has 2 rings (SSSR count). The van der Waals surface area contributed by atoms with E-state index in [1.165, 1.54) is 11.5 Å². The molecule has 0 radical (unpaired) electrons. The standard InChI is InChI=1S/C15H21N3O2S/c1-5-6-12-15(21-18-17-12)14(16-2)11-8-7-10(19-3)9-13(11)20-4/h7-9,14,16H,5-6H2,1-4H3. The van der Waals surface area contributed by atoms with Crippen LogP contribution in [0.4, 0.5) is 0 Å². The van der Waals surface area contributed by atoms with E-state index in [2.05, 4.69) is 21.8 Å². The monoisotopic (exact) mass is 307 g/mol. The molecular formula is C15H21N3O2S. The van der Waals surface area contributed by atoms with Gasteiger partial charge >= 0.3 is 0 Å². The summed E-state index contributed by atoms with van der Waals surface area (Å²) in [6.07, 6.45) is 1.98. The van der Waals surface area contributed by atoms with Gasteiger partial charge < -0.3 is 14.8 Å². The summed E-state index contributed by atoms with van der Waals surface area (Å²) in [6.45, 7) is 2.14. The molecule has 0 aliphatic carbocycles. The molecule has 1 atom stereocenters. The quantitative estimate of drug-likeness (QED) is 0.852. The minimum atomic E-state index is 0.0207. The van der Waals surface area contributed by atoms with Gasteiger partial charge in [-0.3, -0.25) is 0 Å². The van der Waals surface area contributed by atoms with Gasteiger partial charge in [0.15, 0.2) is 0 Å². The van der Waals surface area contributed by atoms with Crippen LogP contribution in [0.5, 0.6) is 11.5 Å². The molecule has 1 unspecified atom stereocenters. The second-order valence-electron chi connectivity index (χ2n) is 4.66. The van der Waals surface area contributed by atoms with E-state index in [4.69, 9.17) is 9.47 Å². The first-order chi connectivity index (χ1) is 10.2. The molecule has 0 fully saturated rings. The SMILES string of the molecule is CCCc1nnsc1C(NC)c1ccc(OC)cc1OC. The zero-order valence-corrected chi connectivity index (χ0v) is 13.7. The fourth-order valence-corrected chi connectivity index (χ4v) is 3.16. The van der Waals surface area contributed by atoms with Crippen molar-refractivity contribution in [1.82, 2.24) is 14.9 Å². The summed E-state index contributed by atoms with van der Waals surface area (Å²) >= 11 is 1.44. The number of rotatable bonds is 7. The maximum absolute atomic E-state index is 5.51. The number of aromatic nitrogens is 2. The molecule has 0 aliphatic rings. The third-order valence-corrected chi connectivity index (χ3v) is 4.21. The zero-order chi connectivity index (χ0) is 15.2. The van der Waals surface area contributed by atoms with Crippen molar-refractivity contribution in [2.45, 2.75) is 25.8 Å². The Balaban J connectivity index is 2.43. The molecule has 21 heavy (non-hydrogen) atoms. The minimum absolute atomic E-state index is 0.0207. The summed E-state index contributed by atoms with van der Waals surface area (Å²) in [7, 11) is 5.25. The van der Waals surface area contributed by atoms with Crippen molar-refractivity contribution in [1.29, 1.82) is 0 Å². The smallest absolute Gasteiger partial charge is 0.127 e. The van der Waals surface area contributed by atoms with E-state index in [0.717, 1.165) is 40.5 Å². The van der Waals surface area contributed by atoms with Crippen molar-refractivity contribution in [2.24, 2.45) is 0 Å². The zero-order valence-electron chi connectivity index (χ0n) is 12.8. The van der Waals surface area contributed by atoms with Gasteiger partial charge in [0.1, 0.15) is 11.5 Å². The fraction of sp³-hybridized carbons (Fsp3) is 0.467. The van der Waals surface area contributed by atoms with Crippen LogP contribution in [0.1, 0.15) is 35.5 Å². The molecule has 5 nitrogen and oxygen atoms in total. The summed E-state index contributed by atoms with van der Waals surface area (Å²) in [6, 6.07) is 5.88. The Kier molecular flexibility index (Phi) is 5.52. The first-order valence-electron chi connectivity index (χ1n) is 6.95. The third kappa shape index (κ3) is 3.33. The molecule has 1 N–H and O–H groups in total. The Labute approximate surface area is 129 Å². The number of methoxy groups -OCH3 is 2. The Bertz CT molecular complexity index is 586. The van der Waals surface area contributed by atoms with Crippen LogP contribution in [0.15, 0.2) is 18.2 Å². The molecule has 1 heterocycles. The van der Waals surface area contributed by atoms with Gasteiger partial charge in [0.25, 0.3) is 0 Å². The number of nitrogens with one attached hydrogen (secondary N) is 1. The molecule has 114 valence electrons. The van der Waals surface area contributed by atoms with Gasteiger partial charge in [-0.15, -0.1) is 5.10 Å². The van der Waals surface area contributed by atoms with Crippen molar-refractivity contribution in [3.05, 3.63) is 34.3 Å². The summed E-state index contributed by atoms with van der Waals surface area (Å²) in [5, 5.41) is 7.59. The molecule has 0 aliphatic heterocycles. The van der Waals surface area contributed by atoms with Crippen LogP contribution < -0.4 is 14.8 Å². The topological polar surface area (TPSA) is 56.3 Å². The van der Waals surface area contributed by atoms with Gasteiger partial charge in [-0.25, -0.2) is 0 Å². The predicted molar refractivity (Wildman–Crippen MR) is 84.4 cm³/mol. The number of ether oxygens (including phenoxy) is 2. The molecule has 1 aromatic heterocycles. The predicted octanol–water partition coefficient (Wildman–Crippen LogP) is 2.82. The summed E-state index contributed by atoms with van der Waals surface area (Å²) < 4.78 is 14.9. The van der Waals surface area contributed by atoms with Crippen molar-refractivity contribution < 1.29 is 9.47 Å². The number of aryl methyl sites for hydroxylation is 1. The summed E-state index contributed by atoms with van der Waals surface area (Å²) in [5.74, 6) is 1.58. The van der Waals surface area contributed by atoms with Crippen molar-refractivity contribution in [2.75, 3.05) is 21.3 Å². The number of hydrogen-bond donors (Lipinski definition) is 1. The number of nitrogens with zero attached hydrogens (tertiary/aromatic N) is 2. The van der Waals surface area contributed by atoms with Crippen molar-refractivity contribution >= 4 is 11.5 Å². The average Bonchev–Trinajstić information content (AvgIpc) is 2.97. The lowest BCUT2D eigenvalue weighted by atomic mass is 10.0. The van der Waals surface area contributed by atoms with Gasteiger partial charge in [0, 0.05) is 11.6 Å². The third-order valence-electron chi connectivity index (χ3n) is 3.37. The van der Waals surface area contributed by atoms with E-state index < -0.39 is 0 Å². The first kappa shape index (κ1) is 15.7. The number of hydrogen-bond acceptors (Lipinski definition) is 6. The average molecular weight is 307 g/mol. The largest absolute Gasteiger partial charge is 0.497 e. The van der Waals surface area contributed by atoms with E-state index in [-0.39, 0.29) is 6.04 Å². The number of benzene rings is 1. The maximum Gasteiger partial charge on any atom is 0.127 e. The van der Waals surface area contributed by atoms with Crippen LogP contribution in [-0.2, 0) is 6.42 Å². The first-order valence-corrected chi connectivity index (χ1v) is 7.72. The van der Waals surface area contributed by atoms with Crippen LogP contribution >= 0.6 is 11.5 Å². The van der Waals surface area contributed by atoms with Gasteiger partial charge in [0.05, 0.1) is 30.8 Å². The summed E-state index contributed by atoms with van der Waals surface area (Å²) in [5.41, 5.74) is 2.11. The molecule has 1 aromatic carbocycles. The highest BCUT2D eigenvalue weighted by atomic mass is 32.1. The summed E-state index contributed by atoms with van der Waals surface area (Å²) in [4.78, 5) is 1.14.